The number of carboxylic acids is 1. The maximum Gasteiger partial charge on any atom is 0.342 e. The lowest BCUT2D eigenvalue weighted by Gasteiger charge is -2.19. The largest absolute Gasteiger partial charge is 0.496 e. The second-order valence-corrected chi connectivity index (χ2v) is 7.76. The minimum atomic E-state index is -0.872. The number of benzene rings is 2. The number of allylic oxidation sites excluding steroid dienone is 2. The fourth-order valence-corrected chi connectivity index (χ4v) is 3.72. The number of nitrogens with zero attached hydrogens (tertiary/aromatic N) is 1. The second-order valence-electron chi connectivity index (χ2n) is 7.76. The molecule has 0 spiro atoms. The number of aliphatic carboxylic acids is 1. The number of nitro benzene ring substituents is 1. The fourth-order valence-electron chi connectivity index (χ4n) is 3.72. The van der Waals surface area contributed by atoms with Crippen molar-refractivity contribution >= 4 is 17.6 Å². The minimum absolute atomic E-state index is 0.0251. The molecule has 0 bridgehead atoms. The van der Waals surface area contributed by atoms with Gasteiger partial charge in [-0.3, -0.25) is 14.9 Å². The summed E-state index contributed by atoms with van der Waals surface area (Å²) in [5.74, 6) is -0.436. The molecule has 0 saturated carbocycles. The molecule has 2 aromatic carbocycles. The minimum Gasteiger partial charge on any atom is -0.496 e. The van der Waals surface area contributed by atoms with Gasteiger partial charge in [0.25, 0.3) is 5.69 Å². The van der Waals surface area contributed by atoms with Crippen LogP contribution in [-0.2, 0) is 29.2 Å². The second kappa shape index (κ2) is 10.2. The van der Waals surface area contributed by atoms with Gasteiger partial charge < -0.3 is 19.3 Å². The van der Waals surface area contributed by atoms with Gasteiger partial charge in [-0.05, 0) is 49.9 Å². The molecule has 0 aromatic heterocycles. The Bertz CT molecular complexity index is 1120. The Kier molecular flexibility index (Phi) is 7.32. The van der Waals surface area contributed by atoms with Crippen LogP contribution < -0.4 is 9.47 Å². The molecular weight excluding hydrogens is 430 g/mol. The molecule has 0 unspecified atom stereocenters. The molecule has 3 rings (SSSR count). The molecule has 9 heteroatoms. The maximum absolute atomic E-state index is 12.5. The molecule has 0 aliphatic carbocycles. The van der Waals surface area contributed by atoms with E-state index in [2.05, 4.69) is 0 Å². The van der Waals surface area contributed by atoms with Crippen molar-refractivity contribution in [3.8, 4) is 11.5 Å². The van der Waals surface area contributed by atoms with Gasteiger partial charge in [-0.2, -0.15) is 0 Å². The summed E-state index contributed by atoms with van der Waals surface area (Å²) in [6.07, 6.45) is 2.69. The number of nitro groups is 1. The van der Waals surface area contributed by atoms with Gasteiger partial charge in [0.2, 0.25) is 0 Å². The van der Waals surface area contributed by atoms with Gasteiger partial charge >= 0.3 is 11.9 Å². The van der Waals surface area contributed by atoms with Crippen molar-refractivity contribution < 1.29 is 33.8 Å². The highest BCUT2D eigenvalue weighted by Gasteiger charge is 2.33. The van der Waals surface area contributed by atoms with Gasteiger partial charge in [-0.25, -0.2) is 4.79 Å². The number of rotatable bonds is 10. The molecule has 1 aliphatic rings. The van der Waals surface area contributed by atoms with E-state index in [0.29, 0.717) is 46.6 Å². The number of fused-ring (bicyclic) bond motifs is 1. The number of esters is 1. The topological polar surface area (TPSA) is 125 Å². The number of cyclic esters (lactones) is 1. The van der Waals surface area contributed by atoms with Gasteiger partial charge in [0.15, 0.2) is 0 Å². The summed E-state index contributed by atoms with van der Waals surface area (Å²) < 4.78 is 17.0. The van der Waals surface area contributed by atoms with Crippen LogP contribution in [0.4, 0.5) is 5.69 Å². The van der Waals surface area contributed by atoms with Gasteiger partial charge in [0, 0.05) is 29.7 Å². The summed E-state index contributed by atoms with van der Waals surface area (Å²) in [5.41, 5.74) is 4.05. The number of carbonyl (C=O) groups is 2. The Hall–Kier alpha value is -3.88. The number of ether oxygens (including phenoxy) is 3. The number of carbonyl (C=O) groups excluding carboxylic acids is 1. The average molecular weight is 455 g/mol. The highest BCUT2D eigenvalue weighted by molar-refractivity contribution is 5.98. The third kappa shape index (κ3) is 5.31. The smallest absolute Gasteiger partial charge is 0.342 e. The van der Waals surface area contributed by atoms with Crippen LogP contribution in [0.2, 0.25) is 0 Å². The number of carboxylic acid groups (broad SMARTS) is 1. The van der Waals surface area contributed by atoms with E-state index in [-0.39, 0.29) is 25.3 Å². The fraction of sp³-hybridized carbons (Fsp3) is 0.333. The van der Waals surface area contributed by atoms with Gasteiger partial charge in [-0.15, -0.1) is 0 Å². The van der Waals surface area contributed by atoms with Crippen LogP contribution in [0.5, 0.6) is 11.5 Å². The highest BCUT2D eigenvalue weighted by Crippen LogP contribution is 2.43. The molecule has 1 heterocycles. The van der Waals surface area contributed by atoms with Gasteiger partial charge in [0.05, 0.1) is 12.0 Å². The summed E-state index contributed by atoms with van der Waals surface area (Å²) in [6, 6.07) is 5.97. The summed E-state index contributed by atoms with van der Waals surface area (Å²) in [7, 11) is 1.54. The Morgan fingerprint density at radius 2 is 1.94 bits per heavy atom. The van der Waals surface area contributed by atoms with E-state index in [4.69, 9.17) is 19.3 Å². The predicted molar refractivity (Wildman–Crippen MR) is 119 cm³/mol. The lowest BCUT2D eigenvalue weighted by atomic mass is 9.94. The lowest BCUT2D eigenvalue weighted by molar-refractivity contribution is -0.384. The van der Waals surface area contributed by atoms with Crippen molar-refractivity contribution in [3.63, 3.8) is 0 Å². The van der Waals surface area contributed by atoms with Crippen LogP contribution in [0.1, 0.15) is 52.4 Å². The first-order valence-electron chi connectivity index (χ1n) is 10.4. The van der Waals surface area contributed by atoms with E-state index >= 15 is 0 Å². The van der Waals surface area contributed by atoms with Crippen LogP contribution in [-0.4, -0.2) is 29.1 Å². The zero-order chi connectivity index (χ0) is 24.1. The molecule has 0 fully saturated rings. The number of methoxy groups -OCH3 is 1. The highest BCUT2D eigenvalue weighted by atomic mass is 16.6. The summed E-state index contributed by atoms with van der Waals surface area (Å²) in [5, 5.41) is 19.8. The Balaban J connectivity index is 1.98. The van der Waals surface area contributed by atoms with E-state index in [1.54, 1.807) is 12.1 Å². The van der Waals surface area contributed by atoms with Gasteiger partial charge in [0.1, 0.15) is 30.3 Å². The molecular formula is C24H25NO8. The standard InChI is InChI=1S/C24H25NO8/c1-14(5-11-20(26)27)4-10-18-22(31-3)15(2)19-13-33-24(28)21(19)23(18)32-12-16-6-8-17(9-7-16)25(29)30/h4,6-9H,5,10-13H2,1-3H3,(H,26,27)/b14-4+. The lowest BCUT2D eigenvalue weighted by Crippen LogP contribution is -2.09. The van der Waals surface area contributed by atoms with Crippen molar-refractivity contribution in [2.24, 2.45) is 0 Å². The summed E-state index contributed by atoms with van der Waals surface area (Å²) in [6.45, 7) is 3.90. The van der Waals surface area contributed by atoms with Crippen molar-refractivity contribution in [1.82, 2.24) is 0 Å². The van der Waals surface area contributed by atoms with E-state index in [9.17, 15) is 19.7 Å². The van der Waals surface area contributed by atoms with Crippen molar-refractivity contribution in [2.45, 2.75) is 46.3 Å². The molecule has 1 aliphatic heterocycles. The molecule has 33 heavy (non-hydrogen) atoms. The molecule has 174 valence electrons. The SMILES string of the molecule is COc1c(C)c2c(c(OCc3ccc([N+](=O)[O-])cc3)c1C/C=C(\C)CCC(=O)O)C(=O)OC2. The zero-order valence-corrected chi connectivity index (χ0v) is 18.7. The third-order valence-electron chi connectivity index (χ3n) is 5.54. The summed E-state index contributed by atoms with van der Waals surface area (Å²) >= 11 is 0. The molecule has 2 aromatic rings. The van der Waals surface area contributed by atoms with Gasteiger partial charge in [-0.1, -0.05) is 11.6 Å². The van der Waals surface area contributed by atoms with Crippen molar-refractivity contribution in [2.75, 3.05) is 7.11 Å². The number of hydrogen-bond donors (Lipinski definition) is 1. The van der Waals surface area contributed by atoms with Crippen LogP contribution in [0.25, 0.3) is 0 Å². The first-order valence-corrected chi connectivity index (χ1v) is 10.4. The normalized spacial score (nSPS) is 12.8. The Labute approximate surface area is 190 Å². The third-order valence-corrected chi connectivity index (χ3v) is 5.54. The molecule has 0 saturated heterocycles. The summed E-state index contributed by atoms with van der Waals surface area (Å²) in [4.78, 5) is 33.8. The number of hydrogen-bond acceptors (Lipinski definition) is 7. The Morgan fingerprint density at radius 3 is 2.55 bits per heavy atom. The first kappa shape index (κ1) is 23.8. The van der Waals surface area contributed by atoms with E-state index in [1.807, 2.05) is 19.9 Å². The number of non-ortho nitro benzene ring substituents is 1. The van der Waals surface area contributed by atoms with Crippen LogP contribution in [0.3, 0.4) is 0 Å². The van der Waals surface area contributed by atoms with Crippen molar-refractivity contribution in [3.05, 3.63) is 73.8 Å². The zero-order valence-electron chi connectivity index (χ0n) is 18.7. The first-order chi connectivity index (χ1) is 15.7. The monoisotopic (exact) mass is 455 g/mol. The molecule has 0 atom stereocenters. The molecule has 9 nitrogen and oxygen atoms in total. The van der Waals surface area contributed by atoms with Crippen molar-refractivity contribution in [1.29, 1.82) is 0 Å². The van der Waals surface area contributed by atoms with E-state index in [0.717, 1.165) is 11.1 Å². The average Bonchev–Trinajstić information content (AvgIpc) is 3.17. The van der Waals surface area contributed by atoms with E-state index in [1.165, 1.54) is 19.2 Å². The molecule has 0 amide bonds. The van der Waals surface area contributed by atoms with E-state index < -0.39 is 16.9 Å². The Morgan fingerprint density at radius 1 is 1.24 bits per heavy atom. The van der Waals surface area contributed by atoms with Crippen LogP contribution >= 0.6 is 0 Å². The molecule has 1 N–H and O–H groups in total. The quantitative estimate of drug-likeness (QED) is 0.240. The van der Waals surface area contributed by atoms with Crippen LogP contribution in [0, 0.1) is 17.0 Å². The van der Waals surface area contributed by atoms with Crippen LogP contribution in [0.15, 0.2) is 35.9 Å². The maximum atomic E-state index is 12.5. The molecule has 0 radical (unpaired) electrons. The predicted octanol–water partition coefficient (Wildman–Crippen LogP) is 4.51.